The molecule has 1 aliphatic heterocycles. The normalized spacial score (nSPS) is 19.2. The first-order valence-corrected chi connectivity index (χ1v) is 5.58. The van der Waals surface area contributed by atoms with Gasteiger partial charge < -0.3 is 20.5 Å². The van der Waals surface area contributed by atoms with Crippen LogP contribution in [0.3, 0.4) is 0 Å². The number of ether oxygens (including phenoxy) is 1. The smallest absolute Gasteiger partial charge is 0.329 e. The zero-order valence-electron chi connectivity index (χ0n) is 8.39. The van der Waals surface area contributed by atoms with Gasteiger partial charge in [-0.25, -0.2) is 4.79 Å². The molecule has 0 aromatic rings. The summed E-state index contributed by atoms with van der Waals surface area (Å²) in [5, 5.41) is 13.1. The van der Waals surface area contributed by atoms with Crippen LogP contribution in [-0.4, -0.2) is 53.8 Å². The highest BCUT2D eigenvalue weighted by Gasteiger charge is 2.27. The minimum absolute atomic E-state index is 0.131. The quantitative estimate of drug-likeness (QED) is 0.522. The van der Waals surface area contributed by atoms with E-state index >= 15 is 0 Å². The lowest BCUT2D eigenvalue weighted by molar-refractivity contribution is -0.142. The number of hydrogen-bond acceptors (Lipinski definition) is 5. The van der Waals surface area contributed by atoms with Gasteiger partial charge in [0.05, 0.1) is 6.61 Å². The van der Waals surface area contributed by atoms with E-state index in [4.69, 9.17) is 9.84 Å². The molecule has 0 aromatic heterocycles. The number of carbonyl (C=O) groups excluding carboxylic acids is 2. The van der Waals surface area contributed by atoms with Crippen LogP contribution < -0.4 is 10.6 Å². The Morgan fingerprint density at radius 1 is 1.62 bits per heavy atom. The van der Waals surface area contributed by atoms with Gasteiger partial charge >= 0.3 is 5.97 Å². The largest absolute Gasteiger partial charge is 0.480 e. The van der Waals surface area contributed by atoms with E-state index in [9.17, 15) is 14.4 Å². The van der Waals surface area contributed by atoms with Crippen molar-refractivity contribution in [1.82, 2.24) is 10.6 Å². The Morgan fingerprint density at radius 2 is 2.38 bits per heavy atom. The van der Waals surface area contributed by atoms with Crippen molar-refractivity contribution in [1.29, 1.82) is 0 Å². The monoisotopic (exact) mass is 248 g/mol. The Kier molecular flexibility index (Phi) is 5.06. The van der Waals surface area contributed by atoms with Crippen molar-refractivity contribution in [2.45, 2.75) is 6.04 Å². The van der Waals surface area contributed by atoms with Crippen LogP contribution in [0.2, 0.25) is 0 Å². The Morgan fingerprint density at radius 3 is 2.94 bits per heavy atom. The fourth-order valence-corrected chi connectivity index (χ4v) is 1.83. The highest BCUT2D eigenvalue weighted by molar-refractivity contribution is 8.14. The molecule has 16 heavy (non-hydrogen) atoms. The topological polar surface area (TPSA) is 105 Å². The molecule has 1 unspecified atom stereocenters. The van der Waals surface area contributed by atoms with Crippen molar-refractivity contribution in [2.24, 2.45) is 0 Å². The van der Waals surface area contributed by atoms with Crippen LogP contribution in [0.25, 0.3) is 0 Å². The van der Waals surface area contributed by atoms with E-state index < -0.39 is 12.0 Å². The molecule has 0 saturated carbocycles. The Hall–Kier alpha value is -1.28. The van der Waals surface area contributed by atoms with E-state index in [0.29, 0.717) is 5.75 Å². The molecule has 7 nitrogen and oxygen atoms in total. The first-order valence-electron chi connectivity index (χ1n) is 4.60. The molecule has 1 saturated heterocycles. The predicted molar refractivity (Wildman–Crippen MR) is 56.2 cm³/mol. The predicted octanol–water partition coefficient (Wildman–Crippen LogP) is -0.971. The van der Waals surface area contributed by atoms with Crippen LogP contribution in [0.15, 0.2) is 0 Å². The molecular formula is C8H12N2O5S. The summed E-state index contributed by atoms with van der Waals surface area (Å²) in [4.78, 5) is 32.2. The molecule has 3 N–H and O–H groups in total. The second-order valence-electron chi connectivity index (χ2n) is 3.03. The van der Waals surface area contributed by atoms with E-state index in [1.807, 2.05) is 0 Å². The molecule has 0 radical (unpaired) electrons. The number of carbonyl (C=O) groups is 3. The molecule has 1 rings (SSSR count). The van der Waals surface area contributed by atoms with Gasteiger partial charge in [0.1, 0.15) is 12.6 Å². The van der Waals surface area contributed by atoms with Crippen LogP contribution >= 0.6 is 11.8 Å². The molecule has 2 amide bonds. The summed E-state index contributed by atoms with van der Waals surface area (Å²) in [6.45, 7) is -0.0269. The molecule has 8 heteroatoms. The fourth-order valence-electron chi connectivity index (χ4n) is 1.05. The molecule has 0 aliphatic carbocycles. The van der Waals surface area contributed by atoms with Gasteiger partial charge in [-0.3, -0.25) is 9.59 Å². The van der Waals surface area contributed by atoms with Crippen molar-refractivity contribution >= 4 is 28.9 Å². The average molecular weight is 248 g/mol. The van der Waals surface area contributed by atoms with Crippen molar-refractivity contribution < 1.29 is 24.2 Å². The number of carboxylic acids is 1. The van der Waals surface area contributed by atoms with Crippen LogP contribution in [0.4, 0.5) is 4.79 Å². The zero-order chi connectivity index (χ0) is 12.0. The average Bonchev–Trinajstić information content (AvgIpc) is 2.63. The van der Waals surface area contributed by atoms with E-state index in [-0.39, 0.29) is 30.9 Å². The molecule has 1 fully saturated rings. The summed E-state index contributed by atoms with van der Waals surface area (Å²) in [5.41, 5.74) is 0. The maximum absolute atomic E-state index is 11.4. The minimum Gasteiger partial charge on any atom is -0.480 e. The number of carboxylic acid groups (broad SMARTS) is 1. The van der Waals surface area contributed by atoms with E-state index in [1.165, 1.54) is 0 Å². The van der Waals surface area contributed by atoms with Gasteiger partial charge in [0.2, 0.25) is 5.91 Å². The number of aliphatic carboxylic acids is 1. The summed E-state index contributed by atoms with van der Waals surface area (Å²) in [5.74, 6) is -0.913. The number of nitrogens with one attached hydrogen (secondary N) is 2. The highest BCUT2D eigenvalue weighted by Crippen LogP contribution is 2.12. The molecule has 0 spiro atoms. The standard InChI is InChI=1S/C8H12N2O5S/c11-6(12)3-15-2-1-9-7(13)5-4-16-8(14)10-5/h5H,1-4H2,(H,9,13)(H,10,14)(H,11,12). The third-order valence-corrected chi connectivity index (χ3v) is 2.64. The summed E-state index contributed by atoms with van der Waals surface area (Å²) in [6, 6.07) is -0.503. The highest BCUT2D eigenvalue weighted by atomic mass is 32.2. The molecular weight excluding hydrogens is 236 g/mol. The maximum atomic E-state index is 11.4. The van der Waals surface area contributed by atoms with Crippen LogP contribution in [0, 0.1) is 0 Å². The van der Waals surface area contributed by atoms with E-state index in [1.54, 1.807) is 0 Å². The number of thioether (sulfide) groups is 1. The van der Waals surface area contributed by atoms with Crippen LogP contribution in [0.5, 0.6) is 0 Å². The number of rotatable bonds is 6. The third-order valence-electron chi connectivity index (χ3n) is 1.76. The fraction of sp³-hybridized carbons (Fsp3) is 0.625. The van der Waals surface area contributed by atoms with Crippen LogP contribution in [0.1, 0.15) is 0 Å². The zero-order valence-corrected chi connectivity index (χ0v) is 9.21. The summed E-state index contributed by atoms with van der Waals surface area (Å²) >= 11 is 1.06. The second kappa shape index (κ2) is 6.33. The Bertz CT molecular complexity index is 296. The molecule has 0 bridgehead atoms. The molecule has 1 atom stereocenters. The lowest BCUT2D eigenvalue weighted by Crippen LogP contribution is -2.43. The van der Waals surface area contributed by atoms with Gasteiger partial charge in [-0.05, 0) is 0 Å². The molecule has 1 aliphatic rings. The first kappa shape index (κ1) is 12.8. The minimum atomic E-state index is -1.05. The van der Waals surface area contributed by atoms with Crippen molar-refractivity contribution in [3.63, 3.8) is 0 Å². The van der Waals surface area contributed by atoms with E-state index in [2.05, 4.69) is 10.6 Å². The van der Waals surface area contributed by atoms with Crippen LogP contribution in [-0.2, 0) is 14.3 Å². The first-order chi connectivity index (χ1) is 7.59. The lowest BCUT2D eigenvalue weighted by Gasteiger charge is -2.09. The molecule has 1 heterocycles. The SMILES string of the molecule is O=C(O)COCCNC(=O)C1CSC(=O)N1. The lowest BCUT2D eigenvalue weighted by atomic mass is 10.3. The summed E-state index contributed by atoms with van der Waals surface area (Å²) in [6.07, 6.45) is 0. The van der Waals surface area contributed by atoms with Gasteiger partial charge in [-0.2, -0.15) is 0 Å². The summed E-state index contributed by atoms with van der Waals surface area (Å²) < 4.78 is 4.72. The van der Waals surface area contributed by atoms with Gasteiger partial charge in [0, 0.05) is 12.3 Å². The molecule has 0 aromatic carbocycles. The van der Waals surface area contributed by atoms with Crippen molar-refractivity contribution in [3.8, 4) is 0 Å². The third kappa shape index (κ3) is 4.49. The number of hydrogen-bond donors (Lipinski definition) is 3. The Balaban J connectivity index is 2.06. The van der Waals surface area contributed by atoms with E-state index in [0.717, 1.165) is 11.8 Å². The van der Waals surface area contributed by atoms with Gasteiger partial charge in [0.15, 0.2) is 0 Å². The van der Waals surface area contributed by atoms with Crippen molar-refractivity contribution in [3.05, 3.63) is 0 Å². The molecule has 90 valence electrons. The van der Waals surface area contributed by atoms with Gasteiger partial charge in [0.25, 0.3) is 5.24 Å². The van der Waals surface area contributed by atoms with Gasteiger partial charge in [-0.1, -0.05) is 11.8 Å². The van der Waals surface area contributed by atoms with Crippen molar-refractivity contribution in [2.75, 3.05) is 25.5 Å². The second-order valence-corrected chi connectivity index (χ2v) is 4.03. The summed E-state index contributed by atoms with van der Waals surface area (Å²) in [7, 11) is 0. The van der Waals surface area contributed by atoms with Gasteiger partial charge in [-0.15, -0.1) is 0 Å². The maximum Gasteiger partial charge on any atom is 0.329 e. The number of amides is 2. The Labute approximate surface area is 95.9 Å².